The lowest BCUT2D eigenvalue weighted by Crippen LogP contribution is -2.36. The summed E-state index contributed by atoms with van der Waals surface area (Å²) in [6.07, 6.45) is 2.21. The molecular weight excluding hydrogens is 322 g/mol. The van der Waals surface area contributed by atoms with Crippen LogP contribution in [0.15, 0.2) is 59.1 Å². The highest BCUT2D eigenvalue weighted by atomic mass is 79.9. The van der Waals surface area contributed by atoms with Crippen LogP contribution in [0.25, 0.3) is 0 Å². The summed E-state index contributed by atoms with van der Waals surface area (Å²) >= 11 is 3.57. The van der Waals surface area contributed by atoms with E-state index in [0.29, 0.717) is 12.0 Å². The van der Waals surface area contributed by atoms with Crippen LogP contribution in [-0.4, -0.2) is 12.6 Å². The van der Waals surface area contributed by atoms with Gasteiger partial charge in [-0.3, -0.25) is 0 Å². The standard InChI is InChI=1S/C19H24BrN/c1-3-12-21-19(14-16-8-7-11-18(20)13-16)15(2)17-9-5-4-6-10-17/h4-11,13,15,19,21H,3,12,14H2,1-2H3. The van der Waals surface area contributed by atoms with Crippen molar-refractivity contribution >= 4 is 15.9 Å². The molecule has 0 fully saturated rings. The summed E-state index contributed by atoms with van der Waals surface area (Å²) in [5.41, 5.74) is 2.78. The van der Waals surface area contributed by atoms with E-state index >= 15 is 0 Å². The fourth-order valence-electron chi connectivity index (χ4n) is 2.66. The molecule has 21 heavy (non-hydrogen) atoms. The molecule has 2 aromatic carbocycles. The van der Waals surface area contributed by atoms with Crippen LogP contribution in [0, 0.1) is 0 Å². The summed E-state index contributed by atoms with van der Waals surface area (Å²) in [4.78, 5) is 0. The van der Waals surface area contributed by atoms with Gasteiger partial charge in [-0.2, -0.15) is 0 Å². The molecule has 0 heterocycles. The van der Waals surface area contributed by atoms with Crippen LogP contribution in [0.1, 0.15) is 37.3 Å². The first-order chi connectivity index (χ1) is 10.2. The molecule has 0 radical (unpaired) electrons. The van der Waals surface area contributed by atoms with E-state index in [9.17, 15) is 0 Å². The lowest BCUT2D eigenvalue weighted by Gasteiger charge is -2.26. The van der Waals surface area contributed by atoms with E-state index in [4.69, 9.17) is 0 Å². The summed E-state index contributed by atoms with van der Waals surface area (Å²) < 4.78 is 1.15. The molecule has 2 rings (SSSR count). The van der Waals surface area contributed by atoms with Gasteiger partial charge in [0.25, 0.3) is 0 Å². The van der Waals surface area contributed by atoms with Crippen LogP contribution in [0.2, 0.25) is 0 Å². The third-order valence-corrected chi connectivity index (χ3v) is 4.42. The minimum atomic E-state index is 0.460. The van der Waals surface area contributed by atoms with Crippen LogP contribution < -0.4 is 5.32 Å². The monoisotopic (exact) mass is 345 g/mol. The highest BCUT2D eigenvalue weighted by molar-refractivity contribution is 9.10. The Morgan fingerprint density at radius 1 is 1.05 bits per heavy atom. The van der Waals surface area contributed by atoms with Crippen LogP contribution >= 0.6 is 15.9 Å². The molecule has 0 bridgehead atoms. The Labute approximate surface area is 136 Å². The molecule has 1 N–H and O–H groups in total. The van der Waals surface area contributed by atoms with E-state index in [-0.39, 0.29) is 0 Å². The molecule has 2 unspecified atom stereocenters. The lowest BCUT2D eigenvalue weighted by molar-refractivity contribution is 0.447. The maximum atomic E-state index is 3.72. The molecule has 0 spiro atoms. The average molecular weight is 346 g/mol. The third kappa shape index (κ3) is 4.98. The topological polar surface area (TPSA) is 12.0 Å². The molecule has 0 amide bonds. The summed E-state index contributed by atoms with van der Waals surface area (Å²) in [6.45, 7) is 5.60. The smallest absolute Gasteiger partial charge is 0.0178 e. The van der Waals surface area contributed by atoms with E-state index < -0.39 is 0 Å². The fraction of sp³-hybridized carbons (Fsp3) is 0.368. The third-order valence-electron chi connectivity index (χ3n) is 3.93. The summed E-state index contributed by atoms with van der Waals surface area (Å²) in [5.74, 6) is 0.497. The number of benzene rings is 2. The Morgan fingerprint density at radius 3 is 2.48 bits per heavy atom. The molecule has 2 atom stereocenters. The van der Waals surface area contributed by atoms with Gasteiger partial charge < -0.3 is 5.32 Å². The zero-order valence-corrected chi connectivity index (χ0v) is 14.4. The molecule has 0 saturated heterocycles. The van der Waals surface area contributed by atoms with E-state index in [1.807, 2.05) is 0 Å². The molecule has 1 nitrogen and oxygen atoms in total. The zero-order chi connectivity index (χ0) is 15.1. The van der Waals surface area contributed by atoms with Gasteiger partial charge in [0, 0.05) is 10.5 Å². The maximum Gasteiger partial charge on any atom is 0.0178 e. The van der Waals surface area contributed by atoms with Gasteiger partial charge >= 0.3 is 0 Å². The molecule has 0 aliphatic heterocycles. The Hall–Kier alpha value is -1.12. The quantitative estimate of drug-likeness (QED) is 0.730. The first kappa shape index (κ1) is 16.3. The largest absolute Gasteiger partial charge is 0.313 e. The predicted octanol–water partition coefficient (Wildman–Crippen LogP) is 5.16. The van der Waals surface area contributed by atoms with Crippen molar-refractivity contribution in [3.63, 3.8) is 0 Å². The van der Waals surface area contributed by atoms with Crippen LogP contribution in [0.4, 0.5) is 0 Å². The van der Waals surface area contributed by atoms with E-state index in [0.717, 1.165) is 23.9 Å². The fourth-order valence-corrected chi connectivity index (χ4v) is 3.11. The Morgan fingerprint density at radius 2 is 1.81 bits per heavy atom. The highest BCUT2D eigenvalue weighted by Gasteiger charge is 2.18. The summed E-state index contributed by atoms with van der Waals surface area (Å²) in [6, 6.07) is 19.9. The minimum Gasteiger partial charge on any atom is -0.313 e. The maximum absolute atomic E-state index is 3.72. The van der Waals surface area contributed by atoms with Crippen LogP contribution in [-0.2, 0) is 6.42 Å². The van der Waals surface area contributed by atoms with E-state index in [2.05, 4.69) is 89.7 Å². The second kappa shape index (κ2) is 8.35. The summed E-state index contributed by atoms with van der Waals surface area (Å²) in [7, 11) is 0. The molecule has 0 aliphatic rings. The van der Waals surface area contributed by atoms with Crippen molar-refractivity contribution < 1.29 is 0 Å². The van der Waals surface area contributed by atoms with Gasteiger partial charge in [0.2, 0.25) is 0 Å². The number of halogens is 1. The molecule has 2 heteroatoms. The van der Waals surface area contributed by atoms with Gasteiger partial charge in [-0.25, -0.2) is 0 Å². The van der Waals surface area contributed by atoms with Crippen molar-refractivity contribution in [3.8, 4) is 0 Å². The Kier molecular flexibility index (Phi) is 6.47. The minimum absolute atomic E-state index is 0.460. The van der Waals surface area contributed by atoms with Gasteiger partial charge in [0.15, 0.2) is 0 Å². The van der Waals surface area contributed by atoms with E-state index in [1.54, 1.807) is 0 Å². The molecule has 0 saturated carbocycles. The lowest BCUT2D eigenvalue weighted by atomic mass is 9.89. The first-order valence-corrected chi connectivity index (χ1v) is 8.52. The molecule has 0 aromatic heterocycles. The van der Waals surface area contributed by atoms with Gasteiger partial charge in [-0.15, -0.1) is 0 Å². The zero-order valence-electron chi connectivity index (χ0n) is 12.9. The van der Waals surface area contributed by atoms with Crippen molar-refractivity contribution in [1.29, 1.82) is 0 Å². The van der Waals surface area contributed by atoms with Gasteiger partial charge in [-0.05, 0) is 48.6 Å². The molecule has 2 aromatic rings. The van der Waals surface area contributed by atoms with Crippen molar-refractivity contribution in [2.75, 3.05) is 6.54 Å². The number of hydrogen-bond donors (Lipinski definition) is 1. The van der Waals surface area contributed by atoms with Gasteiger partial charge in [-0.1, -0.05) is 72.2 Å². The van der Waals surface area contributed by atoms with Crippen molar-refractivity contribution in [3.05, 3.63) is 70.2 Å². The van der Waals surface area contributed by atoms with E-state index in [1.165, 1.54) is 11.1 Å². The number of hydrogen-bond acceptors (Lipinski definition) is 1. The van der Waals surface area contributed by atoms with Gasteiger partial charge in [0.05, 0.1) is 0 Å². The normalized spacial score (nSPS) is 13.9. The Bertz CT molecular complexity index is 538. The number of nitrogens with one attached hydrogen (secondary N) is 1. The van der Waals surface area contributed by atoms with Crippen LogP contribution in [0.5, 0.6) is 0 Å². The van der Waals surface area contributed by atoms with Crippen LogP contribution in [0.3, 0.4) is 0 Å². The number of rotatable bonds is 7. The van der Waals surface area contributed by atoms with Crippen molar-refractivity contribution in [2.45, 2.75) is 38.6 Å². The Balaban J connectivity index is 2.14. The highest BCUT2D eigenvalue weighted by Crippen LogP contribution is 2.23. The predicted molar refractivity (Wildman–Crippen MR) is 94.8 cm³/mol. The SMILES string of the molecule is CCCNC(Cc1cccc(Br)c1)C(C)c1ccccc1. The summed E-state index contributed by atoms with van der Waals surface area (Å²) in [5, 5.41) is 3.72. The first-order valence-electron chi connectivity index (χ1n) is 7.73. The van der Waals surface area contributed by atoms with Crippen molar-refractivity contribution in [1.82, 2.24) is 5.32 Å². The molecule has 0 aliphatic carbocycles. The van der Waals surface area contributed by atoms with Gasteiger partial charge in [0.1, 0.15) is 0 Å². The average Bonchev–Trinajstić information content (AvgIpc) is 2.51. The second-order valence-electron chi connectivity index (χ2n) is 5.59. The molecule has 112 valence electrons. The second-order valence-corrected chi connectivity index (χ2v) is 6.51. The molecular formula is C19H24BrN. The van der Waals surface area contributed by atoms with Crippen molar-refractivity contribution in [2.24, 2.45) is 0 Å².